The van der Waals surface area contributed by atoms with Gasteiger partial charge in [-0.15, -0.1) is 0 Å². The van der Waals surface area contributed by atoms with Crippen molar-refractivity contribution < 1.29 is 22.3 Å². The van der Waals surface area contributed by atoms with Gasteiger partial charge in [-0.1, -0.05) is 36.4 Å². The number of carbonyl (C=O) groups excluding carboxylic acids is 1. The molecule has 8 heteroatoms. The zero-order chi connectivity index (χ0) is 22.2. The molecule has 2 aromatic carbocycles. The lowest BCUT2D eigenvalue weighted by Gasteiger charge is -2.20. The number of carbonyl (C=O) groups is 1. The van der Waals surface area contributed by atoms with Crippen LogP contribution in [0.15, 0.2) is 53.9 Å². The van der Waals surface area contributed by atoms with Crippen molar-refractivity contribution in [2.75, 3.05) is 6.54 Å². The van der Waals surface area contributed by atoms with Crippen LogP contribution >= 0.6 is 0 Å². The second kappa shape index (κ2) is 10.4. The van der Waals surface area contributed by atoms with Gasteiger partial charge in [0, 0.05) is 18.5 Å². The highest BCUT2D eigenvalue weighted by Crippen LogP contribution is 2.15. The molecule has 0 heterocycles. The SMILES string of the molecule is CC(C)(C)OC(=O)NCc1cc(F)ccc1/C=C/S(=O)(=O)NCCc1ccccc1. The van der Waals surface area contributed by atoms with Gasteiger partial charge in [0.15, 0.2) is 0 Å². The first-order chi connectivity index (χ1) is 14.0. The quantitative estimate of drug-likeness (QED) is 0.658. The van der Waals surface area contributed by atoms with Crippen molar-refractivity contribution in [3.05, 3.63) is 76.4 Å². The second-order valence-corrected chi connectivity index (χ2v) is 9.33. The van der Waals surface area contributed by atoms with E-state index in [1.165, 1.54) is 24.3 Å². The molecule has 2 aromatic rings. The summed E-state index contributed by atoms with van der Waals surface area (Å²) in [7, 11) is -3.67. The number of alkyl carbamates (subject to hydrolysis) is 1. The lowest BCUT2D eigenvalue weighted by Crippen LogP contribution is -2.32. The largest absolute Gasteiger partial charge is 0.444 e. The van der Waals surface area contributed by atoms with E-state index in [1.807, 2.05) is 30.3 Å². The minimum atomic E-state index is -3.67. The maximum absolute atomic E-state index is 13.6. The molecule has 0 atom stereocenters. The Hall–Kier alpha value is -2.71. The fourth-order valence-corrected chi connectivity index (χ4v) is 3.37. The maximum Gasteiger partial charge on any atom is 0.407 e. The molecule has 6 nitrogen and oxygen atoms in total. The smallest absolute Gasteiger partial charge is 0.407 e. The Morgan fingerprint density at radius 2 is 1.83 bits per heavy atom. The van der Waals surface area contributed by atoms with Gasteiger partial charge in [0.05, 0.1) is 0 Å². The number of halogens is 1. The number of hydrogen-bond acceptors (Lipinski definition) is 4. The highest BCUT2D eigenvalue weighted by molar-refractivity contribution is 7.92. The molecule has 0 fully saturated rings. The summed E-state index contributed by atoms with van der Waals surface area (Å²) in [4.78, 5) is 11.8. The van der Waals surface area contributed by atoms with E-state index in [4.69, 9.17) is 4.74 Å². The van der Waals surface area contributed by atoms with Crippen LogP contribution in [0.4, 0.5) is 9.18 Å². The zero-order valence-electron chi connectivity index (χ0n) is 17.3. The van der Waals surface area contributed by atoms with E-state index in [0.717, 1.165) is 11.0 Å². The van der Waals surface area contributed by atoms with Crippen molar-refractivity contribution in [3.8, 4) is 0 Å². The molecule has 0 saturated heterocycles. The molecule has 0 unspecified atom stereocenters. The maximum atomic E-state index is 13.6. The Bertz CT molecular complexity index is 984. The van der Waals surface area contributed by atoms with Crippen LogP contribution in [-0.2, 0) is 27.7 Å². The van der Waals surface area contributed by atoms with Gasteiger partial charge in [0.2, 0.25) is 10.0 Å². The summed E-state index contributed by atoms with van der Waals surface area (Å²) >= 11 is 0. The van der Waals surface area contributed by atoms with Crippen LogP contribution in [0.1, 0.15) is 37.5 Å². The molecular weight excluding hydrogens is 407 g/mol. The number of amides is 1. The molecule has 0 spiro atoms. The van der Waals surface area contributed by atoms with Crippen molar-refractivity contribution >= 4 is 22.2 Å². The first kappa shape index (κ1) is 23.6. The monoisotopic (exact) mass is 434 g/mol. The Kier molecular flexibility index (Phi) is 8.14. The van der Waals surface area contributed by atoms with Crippen molar-refractivity contribution in [1.82, 2.24) is 10.0 Å². The number of benzene rings is 2. The molecule has 2 rings (SSSR count). The first-order valence-electron chi connectivity index (χ1n) is 9.51. The molecule has 162 valence electrons. The van der Waals surface area contributed by atoms with Gasteiger partial charge in [-0.05, 0) is 62.1 Å². The zero-order valence-corrected chi connectivity index (χ0v) is 18.1. The van der Waals surface area contributed by atoms with Crippen LogP contribution in [0, 0.1) is 5.82 Å². The lowest BCUT2D eigenvalue weighted by molar-refractivity contribution is 0.0523. The number of nitrogens with one attached hydrogen (secondary N) is 2. The summed E-state index contributed by atoms with van der Waals surface area (Å²) in [5.41, 5.74) is 1.27. The fourth-order valence-electron chi connectivity index (χ4n) is 2.56. The van der Waals surface area contributed by atoms with Gasteiger partial charge in [-0.25, -0.2) is 22.3 Å². The predicted molar refractivity (Wildman–Crippen MR) is 116 cm³/mol. The standard InChI is InChI=1S/C22H27FN2O4S/c1-22(2,3)29-21(26)24-16-19-15-20(23)10-9-18(19)12-14-30(27,28)25-13-11-17-7-5-4-6-8-17/h4-10,12,14-15,25H,11,13,16H2,1-3H3,(H,24,26)/b14-12+. The second-order valence-electron chi connectivity index (χ2n) is 7.68. The van der Waals surface area contributed by atoms with Crippen LogP contribution in [0.25, 0.3) is 6.08 Å². The predicted octanol–water partition coefficient (Wildman–Crippen LogP) is 3.98. The van der Waals surface area contributed by atoms with Gasteiger partial charge in [-0.3, -0.25) is 0 Å². The lowest BCUT2D eigenvalue weighted by atomic mass is 10.1. The summed E-state index contributed by atoms with van der Waals surface area (Å²) in [6.07, 6.45) is 1.29. The third-order valence-corrected chi connectivity index (χ3v) is 5.01. The Labute approximate surface area is 177 Å². The summed E-state index contributed by atoms with van der Waals surface area (Å²) in [6, 6.07) is 13.5. The normalized spacial score (nSPS) is 12.1. The number of rotatable bonds is 8. The molecular formula is C22H27FN2O4S. The van der Waals surface area contributed by atoms with Crippen molar-refractivity contribution in [2.45, 2.75) is 39.3 Å². The first-order valence-corrected chi connectivity index (χ1v) is 11.1. The van der Waals surface area contributed by atoms with Crippen LogP contribution in [0.5, 0.6) is 0 Å². The third-order valence-electron chi connectivity index (χ3n) is 3.91. The number of ether oxygens (including phenoxy) is 1. The fraction of sp³-hybridized carbons (Fsp3) is 0.318. The Morgan fingerprint density at radius 1 is 1.13 bits per heavy atom. The molecule has 2 N–H and O–H groups in total. The molecule has 0 aromatic heterocycles. The number of hydrogen-bond donors (Lipinski definition) is 2. The molecule has 0 bridgehead atoms. The molecule has 0 aliphatic rings. The van der Waals surface area contributed by atoms with Gasteiger partial charge >= 0.3 is 6.09 Å². The Morgan fingerprint density at radius 3 is 2.50 bits per heavy atom. The minimum absolute atomic E-state index is 0.00612. The topological polar surface area (TPSA) is 84.5 Å². The van der Waals surface area contributed by atoms with Gasteiger partial charge in [-0.2, -0.15) is 0 Å². The van der Waals surface area contributed by atoms with Crippen molar-refractivity contribution in [1.29, 1.82) is 0 Å². The number of sulfonamides is 1. The van der Waals surface area contributed by atoms with Crippen LogP contribution in [-0.4, -0.2) is 26.7 Å². The van der Waals surface area contributed by atoms with E-state index in [9.17, 15) is 17.6 Å². The van der Waals surface area contributed by atoms with Crippen molar-refractivity contribution in [2.24, 2.45) is 0 Å². The molecule has 0 aliphatic carbocycles. The van der Waals surface area contributed by atoms with Crippen LogP contribution in [0.2, 0.25) is 0 Å². The van der Waals surface area contributed by atoms with Crippen LogP contribution in [0.3, 0.4) is 0 Å². The summed E-state index contributed by atoms with van der Waals surface area (Å²) in [5.74, 6) is -0.489. The summed E-state index contributed by atoms with van der Waals surface area (Å²) in [5, 5.41) is 3.58. The Balaban J connectivity index is 2.00. The summed E-state index contributed by atoms with van der Waals surface area (Å²) in [6.45, 7) is 5.46. The van der Waals surface area contributed by atoms with E-state index in [2.05, 4.69) is 10.0 Å². The summed E-state index contributed by atoms with van der Waals surface area (Å²) < 4.78 is 45.8. The minimum Gasteiger partial charge on any atom is -0.444 e. The van der Waals surface area contributed by atoms with E-state index in [1.54, 1.807) is 20.8 Å². The molecule has 0 aliphatic heterocycles. The molecule has 30 heavy (non-hydrogen) atoms. The average molecular weight is 435 g/mol. The average Bonchev–Trinajstić information content (AvgIpc) is 2.65. The van der Waals surface area contributed by atoms with Crippen LogP contribution < -0.4 is 10.0 Å². The molecule has 0 radical (unpaired) electrons. The van der Waals surface area contributed by atoms with E-state index in [0.29, 0.717) is 17.5 Å². The van der Waals surface area contributed by atoms with E-state index < -0.39 is 27.5 Å². The molecule has 0 saturated carbocycles. The molecule has 1 amide bonds. The van der Waals surface area contributed by atoms with E-state index >= 15 is 0 Å². The van der Waals surface area contributed by atoms with Gasteiger partial charge < -0.3 is 10.1 Å². The highest BCUT2D eigenvalue weighted by Gasteiger charge is 2.16. The third kappa shape index (κ3) is 8.75. The highest BCUT2D eigenvalue weighted by atomic mass is 32.2. The van der Waals surface area contributed by atoms with Crippen molar-refractivity contribution in [3.63, 3.8) is 0 Å². The van der Waals surface area contributed by atoms with Gasteiger partial charge in [0.1, 0.15) is 11.4 Å². The van der Waals surface area contributed by atoms with Gasteiger partial charge in [0.25, 0.3) is 0 Å². The van der Waals surface area contributed by atoms with E-state index in [-0.39, 0.29) is 13.1 Å².